The van der Waals surface area contributed by atoms with Crippen LogP contribution in [-0.4, -0.2) is 0 Å². The molecule has 7 aromatic carbocycles. The second-order valence-electron chi connectivity index (χ2n) is 13.2. The molecule has 0 unspecified atom stereocenters. The van der Waals surface area contributed by atoms with Crippen LogP contribution in [0.5, 0.6) is 0 Å². The molecule has 7 aromatic rings. The standard InChI is InChI=1S/C49H44N2/c1-6-7-8-9-17-32-50(39-28-24-35(2)25-29-39)46-33-37(4)48(44-22-15-13-20-42(44)46)49-38(5)34-47(43-21-14-16-23-45(43)49)51(40-18-11-10-12-19-40)41-30-26-36(3)27-31-41/h6-34H,1-5H3/b7-6-,9-8-,32-17+. The normalized spacial score (nSPS) is 11.8. The monoisotopic (exact) mass is 660 g/mol. The van der Waals surface area contributed by atoms with Crippen molar-refractivity contribution in [3.05, 3.63) is 198 Å². The van der Waals surface area contributed by atoms with Crippen molar-refractivity contribution >= 4 is 50.0 Å². The molecular formula is C49H44N2. The fourth-order valence-electron chi connectivity index (χ4n) is 7.12. The lowest BCUT2D eigenvalue weighted by Crippen LogP contribution is -2.11. The summed E-state index contributed by atoms with van der Waals surface area (Å²) in [4.78, 5) is 4.70. The Bertz CT molecular complexity index is 2400. The van der Waals surface area contributed by atoms with Gasteiger partial charge in [0.1, 0.15) is 0 Å². The summed E-state index contributed by atoms with van der Waals surface area (Å²) in [6, 6.07) is 50.8. The van der Waals surface area contributed by atoms with Gasteiger partial charge in [-0.15, -0.1) is 0 Å². The van der Waals surface area contributed by atoms with Crippen LogP contribution in [-0.2, 0) is 0 Å². The number of aryl methyl sites for hydroxylation is 4. The van der Waals surface area contributed by atoms with E-state index in [9.17, 15) is 0 Å². The zero-order valence-corrected chi connectivity index (χ0v) is 30.1. The first-order valence-corrected chi connectivity index (χ1v) is 17.7. The van der Waals surface area contributed by atoms with Crippen molar-refractivity contribution in [1.29, 1.82) is 0 Å². The minimum Gasteiger partial charge on any atom is -0.317 e. The zero-order chi connectivity index (χ0) is 35.3. The van der Waals surface area contributed by atoms with Gasteiger partial charge >= 0.3 is 0 Å². The van der Waals surface area contributed by atoms with Crippen LogP contribution in [0.4, 0.5) is 28.4 Å². The number of benzene rings is 7. The van der Waals surface area contributed by atoms with Gasteiger partial charge in [0.15, 0.2) is 0 Å². The molecule has 2 heteroatoms. The number of allylic oxidation sites excluding steroid dienone is 5. The Morgan fingerprint density at radius 3 is 1.43 bits per heavy atom. The molecule has 0 aliphatic heterocycles. The minimum absolute atomic E-state index is 1.12. The number of fused-ring (bicyclic) bond motifs is 2. The van der Waals surface area contributed by atoms with Crippen LogP contribution < -0.4 is 9.80 Å². The van der Waals surface area contributed by atoms with E-state index in [2.05, 4.69) is 201 Å². The van der Waals surface area contributed by atoms with Gasteiger partial charge < -0.3 is 9.80 Å². The number of para-hydroxylation sites is 1. The van der Waals surface area contributed by atoms with Gasteiger partial charge in [-0.05, 0) is 122 Å². The Kier molecular flexibility index (Phi) is 9.67. The smallest absolute Gasteiger partial charge is 0.0543 e. The van der Waals surface area contributed by atoms with Crippen molar-refractivity contribution in [2.24, 2.45) is 0 Å². The molecule has 51 heavy (non-hydrogen) atoms. The Labute approximate surface area is 302 Å². The lowest BCUT2D eigenvalue weighted by atomic mass is 9.86. The summed E-state index contributed by atoms with van der Waals surface area (Å²) < 4.78 is 0. The second-order valence-corrected chi connectivity index (χ2v) is 13.2. The molecule has 0 atom stereocenters. The maximum atomic E-state index is 2.39. The van der Waals surface area contributed by atoms with Gasteiger partial charge in [0.05, 0.1) is 11.4 Å². The average Bonchev–Trinajstić information content (AvgIpc) is 3.15. The maximum Gasteiger partial charge on any atom is 0.0543 e. The third kappa shape index (κ3) is 6.74. The molecule has 0 radical (unpaired) electrons. The highest BCUT2D eigenvalue weighted by Crippen LogP contribution is 2.47. The molecule has 2 nitrogen and oxygen atoms in total. The van der Waals surface area contributed by atoms with Crippen molar-refractivity contribution in [2.75, 3.05) is 9.80 Å². The molecule has 0 bridgehead atoms. The number of hydrogen-bond acceptors (Lipinski definition) is 2. The van der Waals surface area contributed by atoms with E-state index in [4.69, 9.17) is 0 Å². The van der Waals surface area contributed by atoms with Crippen molar-refractivity contribution in [1.82, 2.24) is 0 Å². The summed E-state index contributed by atoms with van der Waals surface area (Å²) in [5.74, 6) is 0. The molecule has 0 heterocycles. The second kappa shape index (κ2) is 14.8. The lowest BCUT2D eigenvalue weighted by molar-refractivity contribution is 1.27. The first kappa shape index (κ1) is 33.4. The van der Waals surface area contributed by atoms with E-state index in [0.29, 0.717) is 0 Å². The highest BCUT2D eigenvalue weighted by Gasteiger charge is 2.22. The van der Waals surface area contributed by atoms with Gasteiger partial charge in [-0.3, -0.25) is 0 Å². The Morgan fingerprint density at radius 1 is 0.412 bits per heavy atom. The largest absolute Gasteiger partial charge is 0.317 e. The molecule has 0 saturated carbocycles. The predicted molar refractivity (Wildman–Crippen MR) is 222 cm³/mol. The van der Waals surface area contributed by atoms with Crippen LogP contribution >= 0.6 is 0 Å². The first-order valence-electron chi connectivity index (χ1n) is 17.7. The van der Waals surface area contributed by atoms with E-state index in [-0.39, 0.29) is 0 Å². The predicted octanol–water partition coefficient (Wildman–Crippen LogP) is 14.1. The van der Waals surface area contributed by atoms with E-state index in [0.717, 1.165) is 22.7 Å². The van der Waals surface area contributed by atoms with E-state index >= 15 is 0 Å². The molecule has 0 saturated heterocycles. The van der Waals surface area contributed by atoms with Crippen LogP contribution in [0.2, 0.25) is 0 Å². The van der Waals surface area contributed by atoms with E-state index in [1.165, 1.54) is 60.6 Å². The van der Waals surface area contributed by atoms with Crippen LogP contribution in [0.1, 0.15) is 29.2 Å². The zero-order valence-electron chi connectivity index (χ0n) is 30.1. The lowest BCUT2D eigenvalue weighted by Gasteiger charge is -2.29. The van der Waals surface area contributed by atoms with E-state index in [1.807, 2.05) is 19.1 Å². The molecule has 0 aromatic heterocycles. The average molecular weight is 661 g/mol. The molecule has 0 aliphatic carbocycles. The van der Waals surface area contributed by atoms with Crippen LogP contribution in [0.15, 0.2) is 176 Å². The Balaban J connectivity index is 1.46. The SMILES string of the molecule is C\C=C/C=C\C=C\N(c1ccc(C)cc1)c1cc(C)c(-c2c(C)cc(N(c3ccccc3)c3ccc(C)cc3)c3ccccc23)c2ccccc12. The summed E-state index contributed by atoms with van der Waals surface area (Å²) in [7, 11) is 0. The molecular weight excluding hydrogens is 617 g/mol. The molecule has 0 fully saturated rings. The van der Waals surface area contributed by atoms with Crippen LogP contribution in [0.25, 0.3) is 32.7 Å². The van der Waals surface area contributed by atoms with E-state index < -0.39 is 0 Å². The van der Waals surface area contributed by atoms with Gasteiger partial charge in [-0.25, -0.2) is 0 Å². The summed E-state index contributed by atoms with van der Waals surface area (Å²) in [5.41, 5.74) is 13.2. The Hall–Kier alpha value is -6.12. The number of rotatable bonds is 9. The molecule has 0 spiro atoms. The molecule has 0 N–H and O–H groups in total. The molecule has 0 amide bonds. The van der Waals surface area contributed by atoms with Gasteiger partial charge in [0.2, 0.25) is 0 Å². The Morgan fingerprint density at radius 2 is 0.863 bits per heavy atom. The van der Waals surface area contributed by atoms with Crippen molar-refractivity contribution in [2.45, 2.75) is 34.6 Å². The fourth-order valence-corrected chi connectivity index (χ4v) is 7.12. The summed E-state index contributed by atoms with van der Waals surface area (Å²) in [6.45, 7) is 10.8. The summed E-state index contributed by atoms with van der Waals surface area (Å²) in [6.07, 6.45) is 12.5. The number of nitrogens with zero attached hydrogens (tertiary/aromatic N) is 2. The topological polar surface area (TPSA) is 6.48 Å². The third-order valence-corrected chi connectivity index (χ3v) is 9.57. The molecule has 7 rings (SSSR count). The molecule has 250 valence electrons. The fraction of sp³-hybridized carbons (Fsp3) is 0.102. The van der Waals surface area contributed by atoms with Gasteiger partial charge in [-0.2, -0.15) is 0 Å². The highest BCUT2D eigenvalue weighted by molar-refractivity contribution is 6.14. The summed E-state index contributed by atoms with van der Waals surface area (Å²) in [5, 5.41) is 4.90. The number of anilines is 5. The summed E-state index contributed by atoms with van der Waals surface area (Å²) >= 11 is 0. The highest BCUT2D eigenvalue weighted by atomic mass is 15.1. The third-order valence-electron chi connectivity index (χ3n) is 9.57. The van der Waals surface area contributed by atoms with Crippen molar-refractivity contribution in [3.63, 3.8) is 0 Å². The van der Waals surface area contributed by atoms with Crippen molar-refractivity contribution in [3.8, 4) is 11.1 Å². The van der Waals surface area contributed by atoms with Gasteiger partial charge in [0.25, 0.3) is 0 Å². The quantitative estimate of drug-likeness (QED) is 0.142. The van der Waals surface area contributed by atoms with Gasteiger partial charge in [-0.1, -0.05) is 126 Å². The number of hydrogen-bond donors (Lipinski definition) is 0. The van der Waals surface area contributed by atoms with Crippen LogP contribution in [0.3, 0.4) is 0 Å². The molecule has 0 aliphatic rings. The van der Waals surface area contributed by atoms with Crippen LogP contribution in [0, 0.1) is 27.7 Å². The van der Waals surface area contributed by atoms with Gasteiger partial charge in [0, 0.05) is 34.0 Å². The first-order chi connectivity index (χ1) is 24.9. The van der Waals surface area contributed by atoms with E-state index in [1.54, 1.807) is 0 Å². The minimum atomic E-state index is 1.12. The van der Waals surface area contributed by atoms with Crippen molar-refractivity contribution < 1.29 is 0 Å². The maximum absolute atomic E-state index is 2.39.